The lowest BCUT2D eigenvalue weighted by Gasteiger charge is -2.07. The molecule has 0 amide bonds. The number of carboxylic acid groups (broad SMARTS) is 1. The van der Waals surface area contributed by atoms with E-state index < -0.39 is 0 Å². The average Bonchev–Trinajstić information content (AvgIpc) is 2.65. The van der Waals surface area contributed by atoms with Gasteiger partial charge in [0.15, 0.2) is 0 Å². The molecule has 2 N–H and O–H groups in total. The van der Waals surface area contributed by atoms with E-state index in [4.69, 9.17) is 14.6 Å². The molecule has 25 heavy (non-hydrogen) atoms. The third-order valence-electron chi connectivity index (χ3n) is 3.21. The van der Waals surface area contributed by atoms with Gasteiger partial charge in [-0.2, -0.15) is 0 Å². The summed E-state index contributed by atoms with van der Waals surface area (Å²) in [7, 11) is 1.68. The number of ether oxygens (including phenoxy) is 1. The molecule has 3 rings (SSSR count). The topological polar surface area (TPSA) is 58.6 Å². The Morgan fingerprint density at radius 3 is 1.84 bits per heavy atom. The summed E-state index contributed by atoms with van der Waals surface area (Å²) in [5.74, 6) is 0.881. The monoisotopic (exact) mass is 353 g/mol. The predicted molar refractivity (Wildman–Crippen MR) is 102 cm³/mol. The number of methoxy groups -OCH3 is 1. The van der Waals surface area contributed by atoms with Crippen molar-refractivity contribution >= 4 is 29.6 Å². The molecule has 0 aromatic heterocycles. The fraction of sp³-hybridized carbons (Fsp3) is 0.0500. The van der Waals surface area contributed by atoms with Gasteiger partial charge in [0.1, 0.15) is 5.75 Å². The van der Waals surface area contributed by atoms with Gasteiger partial charge in [-0.3, -0.25) is 4.79 Å². The van der Waals surface area contributed by atoms with Crippen LogP contribution in [0.5, 0.6) is 5.75 Å². The molecular weight excluding hydrogens is 334 g/mol. The van der Waals surface area contributed by atoms with Gasteiger partial charge in [0.05, 0.1) is 7.11 Å². The minimum atomic E-state index is -0.250. The van der Waals surface area contributed by atoms with Crippen LogP contribution in [0.1, 0.15) is 0 Å². The lowest BCUT2D eigenvalue weighted by molar-refractivity contribution is -0.122. The van der Waals surface area contributed by atoms with Gasteiger partial charge in [0, 0.05) is 21.2 Å². The van der Waals surface area contributed by atoms with Gasteiger partial charge in [-0.25, -0.2) is 0 Å². The Labute approximate surface area is 151 Å². The molecule has 0 heterocycles. The Kier molecular flexibility index (Phi) is 7.41. The Balaban J connectivity index is 0.000000701. The van der Waals surface area contributed by atoms with Crippen LogP contribution in [0, 0.1) is 0 Å². The van der Waals surface area contributed by atoms with E-state index in [1.165, 1.54) is 9.79 Å². The zero-order valence-electron chi connectivity index (χ0n) is 13.8. The maximum absolute atomic E-state index is 8.36. The van der Waals surface area contributed by atoms with Crippen molar-refractivity contribution in [2.24, 2.45) is 0 Å². The summed E-state index contributed by atoms with van der Waals surface area (Å²) in [4.78, 5) is 10.8. The van der Waals surface area contributed by atoms with Crippen LogP contribution in [0.2, 0.25) is 0 Å². The molecular formula is C20H19NO3S. The van der Waals surface area contributed by atoms with E-state index in [-0.39, 0.29) is 6.47 Å². The quantitative estimate of drug-likeness (QED) is 0.610. The second kappa shape index (κ2) is 10.1. The first-order chi connectivity index (χ1) is 12.2. The van der Waals surface area contributed by atoms with E-state index in [2.05, 4.69) is 53.8 Å². The van der Waals surface area contributed by atoms with Crippen molar-refractivity contribution < 1.29 is 14.6 Å². The van der Waals surface area contributed by atoms with Crippen molar-refractivity contribution in [3.63, 3.8) is 0 Å². The Morgan fingerprint density at radius 2 is 1.32 bits per heavy atom. The van der Waals surface area contributed by atoms with Gasteiger partial charge in [0.2, 0.25) is 0 Å². The first kappa shape index (κ1) is 18.4. The van der Waals surface area contributed by atoms with Crippen molar-refractivity contribution in [3.8, 4) is 5.75 Å². The molecule has 0 unspecified atom stereocenters. The van der Waals surface area contributed by atoms with E-state index in [1.807, 2.05) is 30.3 Å². The van der Waals surface area contributed by atoms with Gasteiger partial charge in [-0.05, 0) is 60.7 Å². The van der Waals surface area contributed by atoms with E-state index in [0.717, 1.165) is 17.1 Å². The zero-order valence-corrected chi connectivity index (χ0v) is 14.6. The van der Waals surface area contributed by atoms with Crippen molar-refractivity contribution in [2.75, 3.05) is 12.4 Å². The van der Waals surface area contributed by atoms with E-state index in [0.29, 0.717) is 0 Å². The molecule has 0 fully saturated rings. The van der Waals surface area contributed by atoms with Crippen LogP contribution in [0.3, 0.4) is 0 Å². The van der Waals surface area contributed by atoms with Gasteiger partial charge in [-0.1, -0.05) is 30.0 Å². The first-order valence-electron chi connectivity index (χ1n) is 7.57. The van der Waals surface area contributed by atoms with Gasteiger partial charge < -0.3 is 15.2 Å². The maximum Gasteiger partial charge on any atom is 0.290 e. The number of anilines is 2. The highest BCUT2D eigenvalue weighted by Crippen LogP contribution is 2.30. The molecule has 3 aromatic carbocycles. The third-order valence-corrected chi connectivity index (χ3v) is 4.23. The van der Waals surface area contributed by atoms with Crippen LogP contribution >= 0.6 is 11.8 Å². The number of hydrogen-bond acceptors (Lipinski definition) is 4. The number of hydrogen-bond donors (Lipinski definition) is 2. The van der Waals surface area contributed by atoms with Gasteiger partial charge >= 0.3 is 0 Å². The van der Waals surface area contributed by atoms with Crippen molar-refractivity contribution in [2.45, 2.75) is 9.79 Å². The maximum atomic E-state index is 8.36. The number of para-hydroxylation sites is 1. The summed E-state index contributed by atoms with van der Waals surface area (Å²) in [6.07, 6.45) is 0. The van der Waals surface area contributed by atoms with E-state index >= 15 is 0 Å². The molecule has 0 aliphatic rings. The molecule has 0 bridgehead atoms. The minimum absolute atomic E-state index is 0.250. The Morgan fingerprint density at radius 1 is 0.840 bits per heavy atom. The highest BCUT2D eigenvalue weighted by atomic mass is 32.2. The van der Waals surface area contributed by atoms with Crippen LogP contribution in [0.15, 0.2) is 88.7 Å². The van der Waals surface area contributed by atoms with E-state index in [1.54, 1.807) is 18.9 Å². The summed E-state index contributed by atoms with van der Waals surface area (Å²) < 4.78 is 5.17. The summed E-state index contributed by atoms with van der Waals surface area (Å²) >= 11 is 1.74. The highest BCUT2D eigenvalue weighted by Gasteiger charge is 1.99. The second-order valence-electron chi connectivity index (χ2n) is 4.90. The molecule has 0 saturated heterocycles. The first-order valence-corrected chi connectivity index (χ1v) is 8.38. The summed E-state index contributed by atoms with van der Waals surface area (Å²) in [5, 5.41) is 10.3. The SMILES string of the molecule is COc1ccc(Sc2ccc(Nc3ccccc3)cc2)cc1.O=CO. The van der Waals surface area contributed by atoms with Crippen molar-refractivity contribution in [1.82, 2.24) is 0 Å². The standard InChI is InChI=1S/C19H17NOS.CH2O2/c1-21-17-9-13-19(14-10-17)22-18-11-7-16(8-12-18)20-15-5-3-2-4-6-15;2-1-3/h2-14,20H,1H3;1H,(H,2,3). The van der Waals surface area contributed by atoms with Crippen LogP contribution < -0.4 is 10.1 Å². The lowest BCUT2D eigenvalue weighted by Crippen LogP contribution is -1.88. The summed E-state index contributed by atoms with van der Waals surface area (Å²) in [6, 6.07) is 26.7. The number of nitrogens with one attached hydrogen (secondary N) is 1. The van der Waals surface area contributed by atoms with Crippen LogP contribution in [-0.4, -0.2) is 18.7 Å². The van der Waals surface area contributed by atoms with Crippen LogP contribution in [0.25, 0.3) is 0 Å². The average molecular weight is 353 g/mol. The lowest BCUT2D eigenvalue weighted by atomic mass is 10.3. The summed E-state index contributed by atoms with van der Waals surface area (Å²) in [5.41, 5.74) is 2.18. The molecule has 0 aliphatic carbocycles. The fourth-order valence-electron chi connectivity index (χ4n) is 2.07. The molecule has 0 spiro atoms. The fourth-order valence-corrected chi connectivity index (χ4v) is 2.89. The number of carbonyl (C=O) groups is 1. The number of rotatable bonds is 5. The molecule has 0 atom stereocenters. The van der Waals surface area contributed by atoms with Crippen LogP contribution in [0.4, 0.5) is 11.4 Å². The minimum Gasteiger partial charge on any atom is -0.497 e. The molecule has 4 nitrogen and oxygen atoms in total. The van der Waals surface area contributed by atoms with E-state index in [9.17, 15) is 0 Å². The smallest absolute Gasteiger partial charge is 0.290 e. The largest absolute Gasteiger partial charge is 0.497 e. The molecule has 5 heteroatoms. The van der Waals surface area contributed by atoms with Gasteiger partial charge in [0.25, 0.3) is 6.47 Å². The third kappa shape index (κ3) is 6.24. The second-order valence-corrected chi connectivity index (χ2v) is 6.05. The molecule has 0 aliphatic heterocycles. The molecule has 0 saturated carbocycles. The van der Waals surface area contributed by atoms with Gasteiger partial charge in [-0.15, -0.1) is 0 Å². The number of benzene rings is 3. The normalized spacial score (nSPS) is 9.48. The van der Waals surface area contributed by atoms with Crippen LogP contribution in [-0.2, 0) is 4.79 Å². The summed E-state index contributed by atoms with van der Waals surface area (Å²) in [6.45, 7) is -0.250. The predicted octanol–water partition coefficient (Wildman–Crippen LogP) is 5.29. The van der Waals surface area contributed by atoms with Crippen molar-refractivity contribution in [3.05, 3.63) is 78.9 Å². The Hall–Kier alpha value is -2.92. The molecule has 128 valence electrons. The zero-order chi connectivity index (χ0) is 17.9. The highest BCUT2D eigenvalue weighted by molar-refractivity contribution is 7.99. The van der Waals surface area contributed by atoms with Crippen molar-refractivity contribution in [1.29, 1.82) is 0 Å². The molecule has 0 radical (unpaired) electrons. The molecule has 3 aromatic rings. The Bertz CT molecular complexity index is 759.